The van der Waals surface area contributed by atoms with Crippen LogP contribution in [0.25, 0.3) is 0 Å². The number of hydrogen-bond acceptors (Lipinski definition) is 4. The number of halogens is 1. The second-order valence-electron chi connectivity index (χ2n) is 7.63. The molecule has 2 N–H and O–H groups in total. The summed E-state index contributed by atoms with van der Waals surface area (Å²) in [5.74, 6) is 0.963. The van der Waals surface area contributed by atoms with E-state index in [-0.39, 0.29) is 24.6 Å². The van der Waals surface area contributed by atoms with Crippen molar-refractivity contribution < 1.29 is 9.18 Å². The molecule has 4 rings (SSSR count). The average molecular weight is 369 g/mol. The maximum Gasteiger partial charge on any atom is 0.330 e. The predicted molar refractivity (Wildman–Crippen MR) is 103 cm³/mol. The van der Waals surface area contributed by atoms with Crippen molar-refractivity contribution in [3.63, 3.8) is 0 Å². The lowest BCUT2D eigenvalue weighted by Crippen LogP contribution is -2.53. The third kappa shape index (κ3) is 3.11. The van der Waals surface area contributed by atoms with Crippen LogP contribution in [0.2, 0.25) is 0 Å². The first-order chi connectivity index (χ1) is 13.0. The van der Waals surface area contributed by atoms with Gasteiger partial charge in [-0.1, -0.05) is 19.1 Å². The highest BCUT2D eigenvalue weighted by molar-refractivity contribution is 6.06. The van der Waals surface area contributed by atoms with Crippen molar-refractivity contribution in [3.8, 4) is 0 Å². The van der Waals surface area contributed by atoms with Gasteiger partial charge in [0.1, 0.15) is 11.6 Å². The zero-order valence-electron chi connectivity index (χ0n) is 15.7. The monoisotopic (exact) mass is 369 g/mol. The minimum atomic E-state index is -0.402. The summed E-state index contributed by atoms with van der Waals surface area (Å²) < 4.78 is 14.6. The Kier molecular flexibility index (Phi) is 4.45. The number of nitrogen functional groups attached to an aromatic ring is 1. The second kappa shape index (κ2) is 6.79. The largest absolute Gasteiger partial charge is 0.368 e. The molecule has 0 radical (unpaired) electrons. The van der Waals surface area contributed by atoms with Gasteiger partial charge in [-0.25, -0.2) is 14.2 Å². The van der Waals surface area contributed by atoms with Gasteiger partial charge in [-0.05, 0) is 50.2 Å². The van der Waals surface area contributed by atoms with Crippen LogP contribution in [0.4, 0.5) is 26.6 Å². The SMILES string of the molecule is Cc1cccc(F)c1N1Cc2cnc(N)nc2N(C2CCC(C)CC2)C1=O. The number of carbonyl (C=O) groups is 1. The van der Waals surface area contributed by atoms with Crippen LogP contribution in [-0.2, 0) is 6.54 Å². The number of nitrogens with two attached hydrogens (primary N) is 1. The number of urea groups is 1. The van der Waals surface area contributed by atoms with Crippen LogP contribution in [0.1, 0.15) is 43.7 Å². The topological polar surface area (TPSA) is 75.4 Å². The fourth-order valence-corrected chi connectivity index (χ4v) is 4.16. The van der Waals surface area contributed by atoms with E-state index in [9.17, 15) is 9.18 Å². The van der Waals surface area contributed by atoms with E-state index in [1.807, 2.05) is 13.0 Å². The van der Waals surface area contributed by atoms with Crippen molar-refractivity contribution in [1.82, 2.24) is 9.97 Å². The van der Waals surface area contributed by atoms with Crippen LogP contribution >= 0.6 is 0 Å². The van der Waals surface area contributed by atoms with Gasteiger partial charge in [-0.3, -0.25) is 9.80 Å². The highest BCUT2D eigenvalue weighted by Gasteiger charge is 2.39. The van der Waals surface area contributed by atoms with Crippen LogP contribution in [0, 0.1) is 18.7 Å². The van der Waals surface area contributed by atoms with E-state index in [2.05, 4.69) is 16.9 Å². The molecule has 2 amide bonds. The van der Waals surface area contributed by atoms with E-state index in [1.165, 1.54) is 11.0 Å². The maximum absolute atomic E-state index is 14.6. The second-order valence-corrected chi connectivity index (χ2v) is 7.63. The molecule has 2 aromatic rings. The van der Waals surface area contributed by atoms with Crippen LogP contribution in [-0.4, -0.2) is 22.0 Å². The average Bonchev–Trinajstić information content (AvgIpc) is 2.63. The van der Waals surface area contributed by atoms with E-state index >= 15 is 0 Å². The van der Waals surface area contributed by atoms with Crippen molar-refractivity contribution in [3.05, 3.63) is 41.3 Å². The third-order valence-corrected chi connectivity index (χ3v) is 5.66. The smallest absolute Gasteiger partial charge is 0.330 e. The third-order valence-electron chi connectivity index (χ3n) is 5.66. The molecular formula is C20H24FN5O. The summed E-state index contributed by atoms with van der Waals surface area (Å²) in [7, 11) is 0. The molecule has 2 heterocycles. The zero-order chi connectivity index (χ0) is 19.1. The number of aryl methyl sites for hydroxylation is 1. The zero-order valence-corrected chi connectivity index (χ0v) is 15.7. The van der Waals surface area contributed by atoms with Gasteiger partial charge in [0.15, 0.2) is 0 Å². The Morgan fingerprint density at radius 3 is 2.67 bits per heavy atom. The molecule has 1 aromatic carbocycles. The fraction of sp³-hybridized carbons (Fsp3) is 0.450. The minimum absolute atomic E-state index is 0.0385. The van der Waals surface area contributed by atoms with Gasteiger partial charge in [-0.15, -0.1) is 0 Å². The minimum Gasteiger partial charge on any atom is -0.368 e. The van der Waals surface area contributed by atoms with Gasteiger partial charge in [0.05, 0.1) is 12.2 Å². The Bertz CT molecular complexity index is 858. The number of anilines is 3. The number of benzene rings is 1. The van der Waals surface area contributed by atoms with E-state index in [1.54, 1.807) is 17.2 Å². The van der Waals surface area contributed by atoms with Gasteiger partial charge >= 0.3 is 6.03 Å². The standard InChI is InChI=1S/C20H24FN5O/c1-12-6-8-15(9-7-12)26-18-14(10-23-19(22)24-18)11-25(20(26)27)17-13(2)4-3-5-16(17)21/h3-5,10,12,15H,6-9,11H2,1-2H3,(H2,22,23,24). The molecule has 2 aliphatic rings. The first-order valence-corrected chi connectivity index (χ1v) is 9.43. The lowest BCUT2D eigenvalue weighted by molar-refractivity contribution is 0.241. The summed E-state index contributed by atoms with van der Waals surface area (Å²) in [5.41, 5.74) is 7.63. The van der Waals surface area contributed by atoms with Gasteiger partial charge in [0.2, 0.25) is 5.95 Å². The molecule has 0 unspecified atom stereocenters. The number of carbonyl (C=O) groups excluding carboxylic acids is 1. The van der Waals surface area contributed by atoms with Crippen molar-refractivity contribution >= 4 is 23.5 Å². The predicted octanol–water partition coefficient (Wildman–Crippen LogP) is 4.03. The molecule has 7 heteroatoms. The Morgan fingerprint density at radius 2 is 1.96 bits per heavy atom. The van der Waals surface area contributed by atoms with Crippen LogP contribution < -0.4 is 15.5 Å². The summed E-state index contributed by atoms with van der Waals surface area (Å²) in [6.45, 7) is 4.28. The van der Waals surface area contributed by atoms with Crippen molar-refractivity contribution in [1.29, 1.82) is 0 Å². The first kappa shape index (κ1) is 17.7. The molecule has 1 fully saturated rings. The summed E-state index contributed by atoms with van der Waals surface area (Å²) in [6.07, 6.45) is 5.57. The maximum atomic E-state index is 14.6. The van der Waals surface area contributed by atoms with Crippen LogP contribution in [0.5, 0.6) is 0 Å². The molecule has 1 aliphatic heterocycles. The molecule has 0 atom stereocenters. The summed E-state index contributed by atoms with van der Waals surface area (Å²) in [5, 5.41) is 0. The molecule has 1 aliphatic carbocycles. The Labute approximate surface area is 158 Å². The van der Waals surface area contributed by atoms with Gasteiger partial charge in [0, 0.05) is 17.8 Å². The van der Waals surface area contributed by atoms with Crippen molar-refractivity contribution in [2.45, 2.75) is 52.1 Å². The number of aromatic nitrogens is 2. The molecule has 0 saturated heterocycles. The van der Waals surface area contributed by atoms with Crippen LogP contribution in [0.3, 0.4) is 0 Å². The van der Waals surface area contributed by atoms with Gasteiger partial charge < -0.3 is 5.73 Å². The molecule has 27 heavy (non-hydrogen) atoms. The summed E-state index contributed by atoms with van der Waals surface area (Å²) >= 11 is 0. The quantitative estimate of drug-likeness (QED) is 0.867. The summed E-state index contributed by atoms with van der Waals surface area (Å²) in [6, 6.07) is 4.65. The Morgan fingerprint density at radius 1 is 1.22 bits per heavy atom. The molecule has 0 bridgehead atoms. The van der Waals surface area contributed by atoms with E-state index in [0.717, 1.165) is 36.8 Å². The van der Waals surface area contributed by atoms with Gasteiger partial charge in [0.25, 0.3) is 0 Å². The number of hydrogen-bond donors (Lipinski definition) is 1. The molecule has 1 saturated carbocycles. The molecule has 0 spiro atoms. The molecular weight excluding hydrogens is 345 g/mol. The number of rotatable bonds is 2. The fourth-order valence-electron chi connectivity index (χ4n) is 4.16. The molecule has 1 aromatic heterocycles. The Hall–Kier alpha value is -2.70. The normalized spacial score (nSPS) is 22.7. The van der Waals surface area contributed by atoms with Gasteiger partial charge in [-0.2, -0.15) is 4.98 Å². The van der Waals surface area contributed by atoms with E-state index in [4.69, 9.17) is 5.73 Å². The Balaban J connectivity index is 1.79. The number of fused-ring (bicyclic) bond motifs is 1. The van der Waals surface area contributed by atoms with E-state index < -0.39 is 5.82 Å². The van der Waals surface area contributed by atoms with Crippen LogP contribution in [0.15, 0.2) is 24.4 Å². The molecule has 6 nitrogen and oxygen atoms in total. The van der Waals surface area contributed by atoms with Crippen molar-refractivity contribution in [2.75, 3.05) is 15.5 Å². The van der Waals surface area contributed by atoms with E-state index in [0.29, 0.717) is 17.4 Å². The summed E-state index contributed by atoms with van der Waals surface area (Å²) in [4.78, 5) is 25.1. The highest BCUT2D eigenvalue weighted by Crippen LogP contribution is 2.38. The van der Waals surface area contributed by atoms with Crippen molar-refractivity contribution in [2.24, 2.45) is 5.92 Å². The molecule has 142 valence electrons. The number of nitrogens with zero attached hydrogens (tertiary/aromatic N) is 4. The lowest BCUT2D eigenvalue weighted by atomic mass is 9.86. The first-order valence-electron chi connectivity index (χ1n) is 9.43. The highest BCUT2D eigenvalue weighted by atomic mass is 19.1. The number of para-hydroxylation sites is 1. The lowest BCUT2D eigenvalue weighted by Gasteiger charge is -2.42. The number of amides is 2.